The van der Waals surface area contributed by atoms with Crippen molar-refractivity contribution in [3.05, 3.63) is 28.5 Å². The Morgan fingerprint density at radius 2 is 1.89 bits per heavy atom. The predicted octanol–water partition coefficient (Wildman–Crippen LogP) is 4.71. The number of halogens is 1. The van der Waals surface area contributed by atoms with Crippen LogP contribution in [0.1, 0.15) is 57.4 Å². The van der Waals surface area contributed by atoms with Gasteiger partial charge < -0.3 is 0 Å². The van der Waals surface area contributed by atoms with Gasteiger partial charge in [-0.3, -0.25) is 9.78 Å². The zero-order chi connectivity index (χ0) is 13.2. The van der Waals surface area contributed by atoms with Gasteiger partial charge in [0.2, 0.25) is 0 Å². The number of unbranched alkanes of at least 4 members (excludes halogenated alkanes) is 5. The van der Waals surface area contributed by atoms with Gasteiger partial charge in [0.25, 0.3) is 0 Å². The number of aromatic nitrogens is 1. The van der Waals surface area contributed by atoms with Crippen LogP contribution in [0.4, 0.5) is 0 Å². The van der Waals surface area contributed by atoms with E-state index in [0.29, 0.717) is 18.6 Å². The molecule has 2 nitrogen and oxygen atoms in total. The van der Waals surface area contributed by atoms with Crippen LogP contribution in [0.25, 0.3) is 0 Å². The van der Waals surface area contributed by atoms with Crippen molar-refractivity contribution in [2.24, 2.45) is 0 Å². The maximum atomic E-state index is 11.8. The number of ketones is 1. The van der Waals surface area contributed by atoms with E-state index in [-0.39, 0.29) is 0 Å². The van der Waals surface area contributed by atoms with Crippen molar-refractivity contribution in [2.75, 3.05) is 0 Å². The highest BCUT2D eigenvalue weighted by atomic mass is 79.9. The van der Waals surface area contributed by atoms with Crippen LogP contribution in [-0.4, -0.2) is 10.8 Å². The number of hydrogen-bond donors (Lipinski definition) is 0. The van der Waals surface area contributed by atoms with Gasteiger partial charge in [-0.1, -0.05) is 39.0 Å². The highest BCUT2D eigenvalue weighted by Gasteiger charge is 2.04. The summed E-state index contributed by atoms with van der Waals surface area (Å²) in [5, 5.41) is 0. The highest BCUT2D eigenvalue weighted by molar-refractivity contribution is 9.10. The molecular formula is C15H22BrNO. The quantitative estimate of drug-likeness (QED) is 0.618. The van der Waals surface area contributed by atoms with Gasteiger partial charge in [0, 0.05) is 29.7 Å². The molecule has 0 aromatic carbocycles. The van der Waals surface area contributed by atoms with Gasteiger partial charge in [-0.25, -0.2) is 0 Å². The molecule has 0 amide bonds. The fourth-order valence-corrected chi connectivity index (χ4v) is 2.38. The van der Waals surface area contributed by atoms with Crippen molar-refractivity contribution >= 4 is 21.7 Å². The van der Waals surface area contributed by atoms with E-state index < -0.39 is 0 Å². The van der Waals surface area contributed by atoms with Gasteiger partial charge >= 0.3 is 0 Å². The zero-order valence-corrected chi connectivity index (χ0v) is 12.7. The third kappa shape index (κ3) is 6.90. The maximum Gasteiger partial charge on any atom is 0.137 e. The van der Waals surface area contributed by atoms with Gasteiger partial charge in [0.15, 0.2) is 0 Å². The maximum absolute atomic E-state index is 11.8. The second kappa shape index (κ2) is 9.26. The van der Waals surface area contributed by atoms with Crippen LogP contribution in [-0.2, 0) is 11.2 Å². The molecule has 1 rings (SSSR count). The molecule has 0 atom stereocenters. The molecule has 0 saturated carbocycles. The van der Waals surface area contributed by atoms with Crippen LogP contribution in [0, 0.1) is 0 Å². The molecule has 100 valence electrons. The van der Waals surface area contributed by atoms with Gasteiger partial charge in [0.05, 0.1) is 0 Å². The number of pyridine rings is 1. The first-order chi connectivity index (χ1) is 8.72. The van der Waals surface area contributed by atoms with E-state index in [1.807, 2.05) is 6.07 Å². The molecule has 0 radical (unpaired) electrons. The summed E-state index contributed by atoms with van der Waals surface area (Å²) >= 11 is 3.37. The molecule has 0 fully saturated rings. The summed E-state index contributed by atoms with van der Waals surface area (Å²) in [7, 11) is 0. The molecule has 0 saturated heterocycles. The fraction of sp³-hybridized carbons (Fsp3) is 0.600. The molecule has 0 aliphatic rings. The lowest BCUT2D eigenvalue weighted by Gasteiger charge is -2.02. The lowest BCUT2D eigenvalue weighted by molar-refractivity contribution is -0.118. The summed E-state index contributed by atoms with van der Waals surface area (Å²) in [6, 6.07) is 1.96. The Morgan fingerprint density at radius 3 is 2.61 bits per heavy atom. The molecule has 0 aliphatic carbocycles. The Balaban J connectivity index is 2.14. The van der Waals surface area contributed by atoms with Crippen molar-refractivity contribution in [3.63, 3.8) is 0 Å². The molecule has 0 bridgehead atoms. The summed E-state index contributed by atoms with van der Waals surface area (Å²) in [5.74, 6) is 0.324. The minimum atomic E-state index is 0.324. The molecule has 18 heavy (non-hydrogen) atoms. The molecule has 0 spiro atoms. The minimum Gasteiger partial charge on any atom is -0.299 e. The Morgan fingerprint density at radius 1 is 1.17 bits per heavy atom. The van der Waals surface area contributed by atoms with Crippen LogP contribution >= 0.6 is 15.9 Å². The van der Waals surface area contributed by atoms with E-state index in [2.05, 4.69) is 27.8 Å². The van der Waals surface area contributed by atoms with E-state index in [0.717, 1.165) is 16.5 Å². The van der Waals surface area contributed by atoms with Crippen molar-refractivity contribution in [3.8, 4) is 0 Å². The molecule has 0 unspecified atom stereocenters. The van der Waals surface area contributed by atoms with Crippen molar-refractivity contribution in [2.45, 2.75) is 58.3 Å². The van der Waals surface area contributed by atoms with Gasteiger partial charge in [0.1, 0.15) is 5.78 Å². The summed E-state index contributed by atoms with van der Waals surface area (Å²) in [6.07, 6.45) is 12.1. The number of hydrogen-bond acceptors (Lipinski definition) is 2. The lowest BCUT2D eigenvalue weighted by atomic mass is 10.0. The van der Waals surface area contributed by atoms with Crippen LogP contribution in [0.5, 0.6) is 0 Å². The summed E-state index contributed by atoms with van der Waals surface area (Å²) in [5.41, 5.74) is 1.00. The lowest BCUT2D eigenvalue weighted by Crippen LogP contribution is -2.02. The first kappa shape index (κ1) is 15.4. The normalized spacial score (nSPS) is 10.6. The van der Waals surface area contributed by atoms with Gasteiger partial charge in [-0.2, -0.15) is 0 Å². The van der Waals surface area contributed by atoms with Crippen molar-refractivity contribution in [1.82, 2.24) is 4.98 Å². The second-order valence-electron chi connectivity index (χ2n) is 4.74. The largest absolute Gasteiger partial charge is 0.299 e. The van der Waals surface area contributed by atoms with E-state index in [1.165, 1.54) is 32.1 Å². The van der Waals surface area contributed by atoms with Gasteiger partial charge in [-0.05, 0) is 34.0 Å². The Hall–Kier alpha value is -0.700. The van der Waals surface area contributed by atoms with E-state index in [4.69, 9.17) is 0 Å². The average molecular weight is 312 g/mol. The van der Waals surface area contributed by atoms with E-state index in [9.17, 15) is 4.79 Å². The minimum absolute atomic E-state index is 0.324. The summed E-state index contributed by atoms with van der Waals surface area (Å²) in [4.78, 5) is 15.8. The monoisotopic (exact) mass is 311 g/mol. The first-order valence-corrected chi connectivity index (χ1v) is 7.62. The zero-order valence-electron chi connectivity index (χ0n) is 11.1. The molecule has 1 aromatic heterocycles. The standard InChI is InChI=1S/C15H22BrNO/c1-2-3-4-5-6-7-8-15(18)10-13-9-14(16)12-17-11-13/h9,11-12H,2-8,10H2,1H3. The molecule has 0 N–H and O–H groups in total. The van der Waals surface area contributed by atoms with E-state index in [1.54, 1.807) is 12.4 Å². The van der Waals surface area contributed by atoms with Crippen molar-refractivity contribution < 1.29 is 4.79 Å². The number of rotatable bonds is 9. The fourth-order valence-electron chi connectivity index (χ4n) is 1.97. The Labute approximate surface area is 118 Å². The predicted molar refractivity (Wildman–Crippen MR) is 78.6 cm³/mol. The smallest absolute Gasteiger partial charge is 0.137 e. The SMILES string of the molecule is CCCCCCCCC(=O)Cc1cncc(Br)c1. The summed E-state index contributed by atoms with van der Waals surface area (Å²) in [6.45, 7) is 2.22. The molecule has 1 heterocycles. The average Bonchev–Trinajstić information content (AvgIpc) is 2.33. The Kier molecular flexibility index (Phi) is 7.90. The molecular weight excluding hydrogens is 290 g/mol. The third-order valence-corrected chi connectivity index (χ3v) is 3.41. The first-order valence-electron chi connectivity index (χ1n) is 6.83. The number of Topliss-reactive ketones (excluding diaryl/α,β-unsaturated/α-hetero) is 1. The van der Waals surface area contributed by atoms with Crippen LogP contribution < -0.4 is 0 Å². The molecule has 1 aromatic rings. The molecule has 3 heteroatoms. The van der Waals surface area contributed by atoms with Crippen molar-refractivity contribution in [1.29, 1.82) is 0 Å². The van der Waals surface area contributed by atoms with Crippen LogP contribution in [0.15, 0.2) is 22.9 Å². The number of carbonyl (C=O) groups excluding carboxylic acids is 1. The summed E-state index contributed by atoms with van der Waals surface area (Å²) < 4.78 is 0.937. The second-order valence-corrected chi connectivity index (χ2v) is 5.66. The highest BCUT2D eigenvalue weighted by Crippen LogP contribution is 2.12. The Bertz CT molecular complexity index is 365. The topological polar surface area (TPSA) is 30.0 Å². The van der Waals surface area contributed by atoms with Crippen LogP contribution in [0.2, 0.25) is 0 Å². The van der Waals surface area contributed by atoms with Gasteiger partial charge in [-0.15, -0.1) is 0 Å². The molecule has 0 aliphatic heterocycles. The van der Waals surface area contributed by atoms with E-state index >= 15 is 0 Å². The third-order valence-electron chi connectivity index (χ3n) is 2.97. The van der Waals surface area contributed by atoms with Crippen LogP contribution in [0.3, 0.4) is 0 Å². The number of nitrogens with zero attached hydrogens (tertiary/aromatic N) is 1. The number of carbonyl (C=O) groups is 1.